The van der Waals surface area contributed by atoms with Gasteiger partial charge in [-0.25, -0.2) is 0 Å². The predicted molar refractivity (Wildman–Crippen MR) is 113 cm³/mol. The summed E-state index contributed by atoms with van der Waals surface area (Å²) in [4.78, 5) is 29.0. The van der Waals surface area contributed by atoms with Crippen molar-refractivity contribution in [1.82, 2.24) is 4.90 Å². The standard InChI is InChI=1S/C23H28N2O4/c1-4-25(16-17-5-8-19(9-6-17)24(2)3)23(27)12-10-20(26)18-7-11-21-22(15-18)29-14-13-28-21/h5-9,11,15H,4,10,12-14,16H2,1-3H3. The van der Waals surface area contributed by atoms with Crippen molar-refractivity contribution < 1.29 is 19.1 Å². The summed E-state index contributed by atoms with van der Waals surface area (Å²) >= 11 is 0. The molecule has 0 bridgehead atoms. The van der Waals surface area contributed by atoms with Crippen molar-refractivity contribution in [2.75, 3.05) is 38.8 Å². The van der Waals surface area contributed by atoms with E-state index >= 15 is 0 Å². The van der Waals surface area contributed by atoms with E-state index in [1.54, 1.807) is 23.1 Å². The molecule has 0 unspecified atom stereocenters. The first-order valence-corrected chi connectivity index (χ1v) is 9.95. The molecule has 0 spiro atoms. The highest BCUT2D eigenvalue weighted by Gasteiger charge is 2.18. The summed E-state index contributed by atoms with van der Waals surface area (Å²) in [5.41, 5.74) is 2.74. The molecule has 2 aromatic rings. The van der Waals surface area contributed by atoms with E-state index in [-0.39, 0.29) is 24.5 Å². The van der Waals surface area contributed by atoms with Gasteiger partial charge in [-0.2, -0.15) is 0 Å². The summed E-state index contributed by atoms with van der Waals surface area (Å²) < 4.78 is 11.0. The first-order valence-electron chi connectivity index (χ1n) is 9.95. The summed E-state index contributed by atoms with van der Waals surface area (Å²) in [6.07, 6.45) is 0.367. The average Bonchev–Trinajstić information content (AvgIpc) is 2.75. The van der Waals surface area contributed by atoms with E-state index in [1.165, 1.54) is 0 Å². The number of benzene rings is 2. The van der Waals surface area contributed by atoms with Gasteiger partial charge in [0.25, 0.3) is 0 Å². The zero-order valence-corrected chi connectivity index (χ0v) is 17.3. The van der Waals surface area contributed by atoms with Crippen LogP contribution in [0.15, 0.2) is 42.5 Å². The molecule has 1 aliphatic heterocycles. The Morgan fingerprint density at radius 3 is 2.28 bits per heavy atom. The van der Waals surface area contributed by atoms with Gasteiger partial charge in [0.2, 0.25) is 5.91 Å². The van der Waals surface area contributed by atoms with Crippen LogP contribution in [0.2, 0.25) is 0 Å². The van der Waals surface area contributed by atoms with Gasteiger partial charge in [0.1, 0.15) is 13.2 Å². The highest BCUT2D eigenvalue weighted by Crippen LogP contribution is 2.31. The van der Waals surface area contributed by atoms with Crippen molar-refractivity contribution in [3.8, 4) is 11.5 Å². The van der Waals surface area contributed by atoms with Gasteiger partial charge in [0.05, 0.1) is 0 Å². The molecule has 0 aliphatic carbocycles. The largest absolute Gasteiger partial charge is 0.486 e. The van der Waals surface area contributed by atoms with Crippen molar-refractivity contribution in [2.45, 2.75) is 26.3 Å². The van der Waals surface area contributed by atoms with Crippen molar-refractivity contribution >= 4 is 17.4 Å². The highest BCUT2D eigenvalue weighted by molar-refractivity contribution is 5.98. The van der Waals surface area contributed by atoms with Gasteiger partial charge in [-0.05, 0) is 42.8 Å². The number of rotatable bonds is 8. The molecular formula is C23H28N2O4. The maximum Gasteiger partial charge on any atom is 0.223 e. The van der Waals surface area contributed by atoms with Crippen molar-refractivity contribution in [3.63, 3.8) is 0 Å². The third-order valence-corrected chi connectivity index (χ3v) is 4.99. The molecule has 1 heterocycles. The molecule has 6 heteroatoms. The summed E-state index contributed by atoms with van der Waals surface area (Å²) in [5.74, 6) is 1.16. The van der Waals surface area contributed by atoms with Gasteiger partial charge in [-0.3, -0.25) is 9.59 Å². The van der Waals surface area contributed by atoms with E-state index in [9.17, 15) is 9.59 Å². The van der Waals surface area contributed by atoms with Crippen molar-refractivity contribution in [2.24, 2.45) is 0 Å². The first kappa shape index (κ1) is 20.7. The molecule has 6 nitrogen and oxygen atoms in total. The second kappa shape index (κ2) is 9.45. The van der Waals surface area contributed by atoms with Crippen molar-refractivity contribution in [3.05, 3.63) is 53.6 Å². The van der Waals surface area contributed by atoms with Crippen LogP contribution in [0.25, 0.3) is 0 Å². The minimum Gasteiger partial charge on any atom is -0.486 e. The summed E-state index contributed by atoms with van der Waals surface area (Å²) in [6, 6.07) is 13.3. The fourth-order valence-corrected chi connectivity index (χ4v) is 3.24. The van der Waals surface area contributed by atoms with E-state index in [1.807, 2.05) is 50.2 Å². The third kappa shape index (κ3) is 5.28. The molecule has 0 N–H and O–H groups in total. The van der Waals surface area contributed by atoms with E-state index in [4.69, 9.17) is 9.47 Å². The maximum atomic E-state index is 12.6. The zero-order valence-electron chi connectivity index (χ0n) is 17.3. The summed E-state index contributed by atoms with van der Waals surface area (Å²) in [6.45, 7) is 4.09. The number of hydrogen-bond donors (Lipinski definition) is 0. The SMILES string of the molecule is CCN(Cc1ccc(N(C)C)cc1)C(=O)CCC(=O)c1ccc2c(c1)OCCO2. The Bertz CT molecular complexity index is 862. The normalized spacial score (nSPS) is 12.4. The van der Waals surface area contributed by atoms with Crippen LogP contribution in [0, 0.1) is 0 Å². The summed E-state index contributed by atoms with van der Waals surface area (Å²) in [5, 5.41) is 0. The van der Waals surface area contributed by atoms with Crippen LogP contribution in [0.3, 0.4) is 0 Å². The molecule has 0 aromatic heterocycles. The van der Waals surface area contributed by atoms with Gasteiger partial charge in [0.15, 0.2) is 17.3 Å². The zero-order chi connectivity index (χ0) is 20.8. The van der Waals surface area contributed by atoms with Gasteiger partial charge in [0, 0.05) is 51.3 Å². The lowest BCUT2D eigenvalue weighted by Crippen LogP contribution is -2.30. The molecular weight excluding hydrogens is 368 g/mol. The number of carbonyl (C=O) groups excluding carboxylic acids is 2. The number of Topliss-reactive ketones (excluding diaryl/α,β-unsaturated/α-hetero) is 1. The minimum atomic E-state index is -0.0679. The van der Waals surface area contributed by atoms with Gasteiger partial charge in [-0.15, -0.1) is 0 Å². The lowest BCUT2D eigenvalue weighted by atomic mass is 10.1. The number of nitrogens with zero attached hydrogens (tertiary/aromatic N) is 2. The van der Waals surface area contributed by atoms with E-state index in [2.05, 4.69) is 0 Å². The monoisotopic (exact) mass is 396 g/mol. The number of ether oxygens (including phenoxy) is 2. The number of ketones is 1. The van der Waals surface area contributed by atoms with Crippen LogP contribution in [0.5, 0.6) is 11.5 Å². The van der Waals surface area contributed by atoms with Gasteiger partial charge in [-0.1, -0.05) is 12.1 Å². The maximum absolute atomic E-state index is 12.6. The summed E-state index contributed by atoms with van der Waals surface area (Å²) in [7, 11) is 3.99. The van der Waals surface area contributed by atoms with Crippen LogP contribution in [0.4, 0.5) is 5.69 Å². The Morgan fingerprint density at radius 2 is 1.62 bits per heavy atom. The van der Waals surface area contributed by atoms with Crippen LogP contribution < -0.4 is 14.4 Å². The number of fused-ring (bicyclic) bond motifs is 1. The third-order valence-electron chi connectivity index (χ3n) is 4.99. The average molecular weight is 396 g/mol. The van der Waals surface area contributed by atoms with Gasteiger partial charge >= 0.3 is 0 Å². The van der Waals surface area contributed by atoms with Crippen LogP contribution in [-0.4, -0.2) is 50.4 Å². The van der Waals surface area contributed by atoms with Crippen LogP contribution in [-0.2, 0) is 11.3 Å². The van der Waals surface area contributed by atoms with Crippen molar-refractivity contribution in [1.29, 1.82) is 0 Å². The molecule has 154 valence electrons. The number of anilines is 1. The Morgan fingerprint density at radius 1 is 0.931 bits per heavy atom. The molecule has 0 saturated carbocycles. The van der Waals surface area contributed by atoms with Crippen LogP contribution in [0.1, 0.15) is 35.7 Å². The van der Waals surface area contributed by atoms with E-state index < -0.39 is 0 Å². The topological polar surface area (TPSA) is 59.1 Å². The molecule has 0 fully saturated rings. The Kier molecular flexibility index (Phi) is 6.75. The van der Waals surface area contributed by atoms with E-state index in [0.29, 0.717) is 43.4 Å². The molecule has 0 atom stereocenters. The molecule has 29 heavy (non-hydrogen) atoms. The molecule has 1 amide bonds. The predicted octanol–water partition coefficient (Wildman–Crippen LogP) is 3.54. The Labute approximate surface area is 172 Å². The Balaban J connectivity index is 1.56. The smallest absolute Gasteiger partial charge is 0.223 e. The molecule has 0 saturated heterocycles. The van der Waals surface area contributed by atoms with Crippen LogP contribution >= 0.6 is 0 Å². The fraction of sp³-hybridized carbons (Fsp3) is 0.391. The fourth-order valence-electron chi connectivity index (χ4n) is 3.24. The molecule has 2 aromatic carbocycles. The molecule has 3 rings (SSSR count). The number of amides is 1. The lowest BCUT2D eigenvalue weighted by molar-refractivity contribution is -0.131. The Hall–Kier alpha value is -3.02. The van der Waals surface area contributed by atoms with Gasteiger partial charge < -0.3 is 19.3 Å². The van der Waals surface area contributed by atoms with E-state index in [0.717, 1.165) is 11.3 Å². The minimum absolute atomic E-state index is 0.0184. The quantitative estimate of drug-likeness (QED) is 0.639. The molecule has 1 aliphatic rings. The number of hydrogen-bond acceptors (Lipinski definition) is 5. The second-order valence-electron chi connectivity index (χ2n) is 7.25. The number of carbonyl (C=O) groups is 2. The molecule has 0 radical (unpaired) electrons. The lowest BCUT2D eigenvalue weighted by Gasteiger charge is -2.22. The first-order chi connectivity index (χ1) is 14.0. The second-order valence-corrected chi connectivity index (χ2v) is 7.25. The highest BCUT2D eigenvalue weighted by atomic mass is 16.6.